The van der Waals surface area contributed by atoms with Crippen molar-refractivity contribution in [2.75, 3.05) is 13.1 Å². The molecule has 0 aliphatic carbocycles. The molecule has 1 aromatic carbocycles. The molecular weight excluding hydrogens is 349 g/mol. The lowest BCUT2D eigenvalue weighted by Crippen LogP contribution is -2.32. The molecule has 1 aliphatic rings. The number of aryl methyl sites for hydroxylation is 1. The van der Waals surface area contributed by atoms with Gasteiger partial charge in [-0.25, -0.2) is 0 Å². The van der Waals surface area contributed by atoms with E-state index < -0.39 is 0 Å². The maximum absolute atomic E-state index is 12.6. The Balaban J connectivity index is 2.13. The minimum atomic E-state index is 0.213. The van der Waals surface area contributed by atoms with Crippen LogP contribution in [0.1, 0.15) is 48.5 Å². The number of benzene rings is 1. The predicted octanol–water partition coefficient (Wildman–Crippen LogP) is 4.25. The van der Waals surface area contributed by atoms with Gasteiger partial charge in [-0.15, -0.1) is 0 Å². The van der Waals surface area contributed by atoms with Crippen molar-refractivity contribution < 1.29 is 4.79 Å². The lowest BCUT2D eigenvalue weighted by Gasteiger charge is -2.21. The maximum Gasteiger partial charge on any atom is 0.254 e. The van der Waals surface area contributed by atoms with Crippen molar-refractivity contribution in [3.8, 4) is 0 Å². The van der Waals surface area contributed by atoms with Crippen molar-refractivity contribution in [1.82, 2.24) is 4.90 Å². The molecule has 2 nitrogen and oxygen atoms in total. The van der Waals surface area contributed by atoms with E-state index in [2.05, 4.69) is 42.5 Å². The van der Waals surface area contributed by atoms with Crippen LogP contribution in [0.4, 0.5) is 0 Å². The molecule has 3 heteroatoms. The molecule has 1 saturated heterocycles. The van der Waals surface area contributed by atoms with Gasteiger partial charge >= 0.3 is 0 Å². The first-order chi connectivity index (χ1) is 9.13. The normalized spacial score (nSPS) is 20.2. The van der Waals surface area contributed by atoms with Gasteiger partial charge in [-0.3, -0.25) is 4.79 Å². The number of amides is 1. The molecule has 1 amide bonds. The quantitative estimate of drug-likeness (QED) is 0.712. The molecule has 1 heterocycles. The van der Waals surface area contributed by atoms with Gasteiger partial charge in [0.1, 0.15) is 0 Å². The summed E-state index contributed by atoms with van der Waals surface area (Å²) in [5, 5.41) is 0. The Kier molecular flexibility index (Phi) is 5.25. The smallest absolute Gasteiger partial charge is 0.254 e. The molecule has 1 atom stereocenters. The largest absolute Gasteiger partial charge is 0.339 e. The van der Waals surface area contributed by atoms with Gasteiger partial charge in [-0.1, -0.05) is 25.5 Å². The van der Waals surface area contributed by atoms with Gasteiger partial charge in [0.2, 0.25) is 0 Å². The minimum absolute atomic E-state index is 0.213. The van der Waals surface area contributed by atoms with E-state index in [1.165, 1.54) is 18.4 Å². The van der Waals surface area contributed by atoms with Gasteiger partial charge in [0.05, 0.1) is 5.56 Å². The molecule has 0 bridgehead atoms. The fourth-order valence-electron chi connectivity index (χ4n) is 2.76. The van der Waals surface area contributed by atoms with Gasteiger partial charge in [0, 0.05) is 16.7 Å². The topological polar surface area (TPSA) is 20.3 Å². The fourth-order valence-corrected chi connectivity index (χ4v) is 3.35. The highest BCUT2D eigenvalue weighted by atomic mass is 127. The van der Waals surface area contributed by atoms with Crippen LogP contribution in [0.3, 0.4) is 0 Å². The molecule has 104 valence electrons. The van der Waals surface area contributed by atoms with Gasteiger partial charge < -0.3 is 4.90 Å². The van der Waals surface area contributed by atoms with Gasteiger partial charge in [-0.2, -0.15) is 0 Å². The Labute approximate surface area is 129 Å². The highest BCUT2D eigenvalue weighted by Gasteiger charge is 2.22. The molecule has 19 heavy (non-hydrogen) atoms. The average molecular weight is 371 g/mol. The van der Waals surface area contributed by atoms with Crippen LogP contribution >= 0.6 is 22.6 Å². The van der Waals surface area contributed by atoms with Crippen LogP contribution in [0.2, 0.25) is 0 Å². The molecule has 1 unspecified atom stereocenters. The zero-order valence-corrected chi connectivity index (χ0v) is 13.9. The molecule has 0 spiro atoms. The lowest BCUT2D eigenvalue weighted by atomic mass is 9.98. The van der Waals surface area contributed by atoms with Crippen molar-refractivity contribution in [2.45, 2.75) is 39.5 Å². The van der Waals surface area contributed by atoms with E-state index in [0.29, 0.717) is 0 Å². The molecule has 0 aromatic heterocycles. The summed E-state index contributed by atoms with van der Waals surface area (Å²) in [5.41, 5.74) is 2.06. The van der Waals surface area contributed by atoms with E-state index in [1.807, 2.05) is 17.0 Å². The third kappa shape index (κ3) is 3.50. The average Bonchev–Trinajstić information content (AvgIpc) is 2.66. The number of likely N-dealkylation sites (tertiary alicyclic amines) is 1. The van der Waals surface area contributed by atoms with Gasteiger partial charge in [0.15, 0.2) is 0 Å². The monoisotopic (exact) mass is 371 g/mol. The zero-order chi connectivity index (χ0) is 13.8. The molecule has 1 aliphatic heterocycles. The van der Waals surface area contributed by atoms with E-state index in [9.17, 15) is 4.79 Å². The maximum atomic E-state index is 12.6. The molecule has 1 fully saturated rings. The van der Waals surface area contributed by atoms with Crippen LogP contribution in [0.5, 0.6) is 0 Å². The van der Waals surface area contributed by atoms with E-state index in [4.69, 9.17) is 0 Å². The predicted molar refractivity (Wildman–Crippen MR) is 87.4 cm³/mol. The number of hydrogen-bond acceptors (Lipinski definition) is 1. The first kappa shape index (κ1) is 14.8. The van der Waals surface area contributed by atoms with Gasteiger partial charge in [0.25, 0.3) is 5.91 Å². The van der Waals surface area contributed by atoms with Crippen molar-refractivity contribution in [2.24, 2.45) is 5.92 Å². The summed E-state index contributed by atoms with van der Waals surface area (Å²) < 4.78 is 1.10. The van der Waals surface area contributed by atoms with Crippen LogP contribution in [0.25, 0.3) is 0 Å². The molecule has 0 radical (unpaired) electrons. The zero-order valence-electron chi connectivity index (χ0n) is 11.8. The first-order valence-electron chi connectivity index (χ1n) is 7.18. The third-order valence-electron chi connectivity index (χ3n) is 4.13. The second kappa shape index (κ2) is 6.73. The number of carbonyl (C=O) groups is 1. The summed E-state index contributed by atoms with van der Waals surface area (Å²) in [6.45, 7) is 6.15. The molecule has 1 aromatic rings. The van der Waals surface area contributed by atoms with Crippen LogP contribution in [-0.2, 0) is 0 Å². The van der Waals surface area contributed by atoms with Crippen molar-refractivity contribution in [1.29, 1.82) is 0 Å². The SMILES string of the molecule is CCC1CCCN(C(=O)c2cccc(C)c2I)CC1. The number of carbonyl (C=O) groups excluding carboxylic acids is 1. The van der Waals surface area contributed by atoms with Crippen molar-refractivity contribution in [3.05, 3.63) is 32.9 Å². The number of nitrogens with zero attached hydrogens (tertiary/aromatic N) is 1. The van der Waals surface area contributed by atoms with Crippen molar-refractivity contribution in [3.63, 3.8) is 0 Å². The van der Waals surface area contributed by atoms with Gasteiger partial charge in [-0.05, 0) is 66.3 Å². The van der Waals surface area contributed by atoms with E-state index in [1.54, 1.807) is 0 Å². The highest BCUT2D eigenvalue weighted by molar-refractivity contribution is 14.1. The van der Waals surface area contributed by atoms with Crippen LogP contribution < -0.4 is 0 Å². The van der Waals surface area contributed by atoms with Crippen molar-refractivity contribution >= 4 is 28.5 Å². The summed E-state index contributed by atoms with van der Waals surface area (Å²) in [4.78, 5) is 14.7. The van der Waals surface area contributed by atoms with E-state index in [-0.39, 0.29) is 5.91 Å². The summed E-state index contributed by atoms with van der Waals surface area (Å²) in [5.74, 6) is 1.01. The highest BCUT2D eigenvalue weighted by Crippen LogP contribution is 2.23. The Morgan fingerprint density at radius 1 is 1.37 bits per heavy atom. The lowest BCUT2D eigenvalue weighted by molar-refractivity contribution is 0.0758. The Morgan fingerprint density at radius 2 is 2.16 bits per heavy atom. The summed E-state index contributed by atoms with van der Waals surface area (Å²) in [7, 11) is 0. The third-order valence-corrected chi connectivity index (χ3v) is 5.57. The molecule has 2 rings (SSSR count). The second-order valence-electron chi connectivity index (χ2n) is 5.43. The molecule has 0 N–H and O–H groups in total. The second-order valence-corrected chi connectivity index (χ2v) is 6.51. The number of halogens is 1. The number of hydrogen-bond donors (Lipinski definition) is 0. The van der Waals surface area contributed by atoms with Crippen LogP contribution in [-0.4, -0.2) is 23.9 Å². The van der Waals surface area contributed by atoms with E-state index in [0.717, 1.165) is 41.0 Å². The van der Waals surface area contributed by atoms with E-state index >= 15 is 0 Å². The summed E-state index contributed by atoms with van der Waals surface area (Å²) >= 11 is 2.29. The minimum Gasteiger partial charge on any atom is -0.339 e. The summed E-state index contributed by atoms with van der Waals surface area (Å²) in [6.07, 6.45) is 4.81. The molecule has 0 saturated carbocycles. The first-order valence-corrected chi connectivity index (χ1v) is 8.25. The van der Waals surface area contributed by atoms with Crippen LogP contribution in [0, 0.1) is 16.4 Å². The number of rotatable bonds is 2. The fraction of sp³-hybridized carbons (Fsp3) is 0.562. The van der Waals surface area contributed by atoms with Crippen LogP contribution in [0.15, 0.2) is 18.2 Å². The standard InChI is InChI=1S/C16H22INO/c1-3-13-7-5-10-18(11-9-13)16(19)14-8-4-6-12(2)15(14)17/h4,6,8,13H,3,5,7,9-11H2,1-2H3. The Morgan fingerprint density at radius 3 is 2.89 bits per heavy atom. The Bertz CT molecular complexity index is 458. The summed E-state index contributed by atoms with van der Waals surface area (Å²) in [6, 6.07) is 6.00. The Hall–Kier alpha value is -0.580. The molecular formula is C16H22INO.